The van der Waals surface area contributed by atoms with Gasteiger partial charge in [-0.3, -0.25) is 0 Å². The molecule has 3 unspecified atom stereocenters. The Morgan fingerprint density at radius 3 is 2.50 bits per heavy atom. The Labute approximate surface area is 111 Å². The first-order valence-electron chi connectivity index (χ1n) is 7.67. The average molecular weight is 246 g/mol. The summed E-state index contributed by atoms with van der Waals surface area (Å²) in [5.41, 5.74) is 0.796. The van der Waals surface area contributed by atoms with Gasteiger partial charge in [0, 0.05) is 6.42 Å². The van der Waals surface area contributed by atoms with Crippen LogP contribution in [0.1, 0.15) is 64.7 Å². The van der Waals surface area contributed by atoms with Gasteiger partial charge in [-0.2, -0.15) is 0 Å². The normalized spacial score (nSPS) is 46.9. The van der Waals surface area contributed by atoms with Crippen molar-refractivity contribution in [3.05, 3.63) is 0 Å². The van der Waals surface area contributed by atoms with Crippen LogP contribution in [0.3, 0.4) is 0 Å². The van der Waals surface area contributed by atoms with E-state index in [1.165, 1.54) is 38.5 Å². The molecule has 0 aromatic heterocycles. The first kappa shape index (κ1) is 12.5. The number of hydrogen-bond donors (Lipinski definition) is 1. The van der Waals surface area contributed by atoms with E-state index in [4.69, 9.17) is 6.42 Å². The van der Waals surface area contributed by atoms with Gasteiger partial charge >= 0.3 is 0 Å². The molecule has 0 radical (unpaired) electrons. The molecule has 4 saturated carbocycles. The first-order valence-corrected chi connectivity index (χ1v) is 7.67. The molecule has 1 N–H and O–H groups in total. The summed E-state index contributed by atoms with van der Waals surface area (Å²) in [5, 5.41) is 10.7. The Bertz CT molecular complexity index is 350. The van der Waals surface area contributed by atoms with E-state index < -0.39 is 0 Å². The van der Waals surface area contributed by atoms with Gasteiger partial charge in [0.15, 0.2) is 0 Å². The van der Waals surface area contributed by atoms with Gasteiger partial charge in [0.05, 0.1) is 6.10 Å². The zero-order chi connectivity index (χ0) is 12.8. The number of aliphatic hydroxyl groups excluding tert-OH is 1. The molecule has 4 fully saturated rings. The molecule has 1 nitrogen and oxygen atoms in total. The van der Waals surface area contributed by atoms with Gasteiger partial charge in [0.1, 0.15) is 0 Å². The molecular formula is C17H26O. The van der Waals surface area contributed by atoms with Crippen LogP contribution < -0.4 is 0 Å². The second-order valence-electron chi connectivity index (χ2n) is 7.75. The van der Waals surface area contributed by atoms with Gasteiger partial charge in [-0.05, 0) is 74.0 Å². The lowest BCUT2D eigenvalue weighted by Gasteiger charge is -2.62. The van der Waals surface area contributed by atoms with Gasteiger partial charge in [0.25, 0.3) is 0 Å². The monoisotopic (exact) mass is 246 g/mol. The van der Waals surface area contributed by atoms with Crippen molar-refractivity contribution in [2.75, 3.05) is 0 Å². The second kappa shape index (κ2) is 4.27. The zero-order valence-electron chi connectivity index (χ0n) is 11.6. The minimum atomic E-state index is -0.101. The maximum atomic E-state index is 10.7. The molecule has 0 aromatic rings. The third-order valence-corrected chi connectivity index (χ3v) is 5.90. The topological polar surface area (TPSA) is 20.2 Å². The first-order chi connectivity index (χ1) is 8.55. The predicted octanol–water partition coefficient (Wildman–Crippen LogP) is 3.76. The summed E-state index contributed by atoms with van der Waals surface area (Å²) in [7, 11) is 0. The highest BCUT2D eigenvalue weighted by Crippen LogP contribution is 2.66. The highest BCUT2D eigenvalue weighted by atomic mass is 16.3. The Kier molecular flexibility index (Phi) is 2.98. The fourth-order valence-corrected chi connectivity index (χ4v) is 5.89. The lowest BCUT2D eigenvalue weighted by molar-refractivity contribution is -0.154. The van der Waals surface area contributed by atoms with Gasteiger partial charge < -0.3 is 5.11 Å². The summed E-state index contributed by atoms with van der Waals surface area (Å²) in [6.45, 7) is 2.47. The van der Waals surface area contributed by atoms with Crippen LogP contribution in [0.4, 0.5) is 0 Å². The van der Waals surface area contributed by atoms with Crippen LogP contribution >= 0.6 is 0 Å². The van der Waals surface area contributed by atoms with Crippen molar-refractivity contribution >= 4 is 0 Å². The van der Waals surface area contributed by atoms with Crippen LogP contribution in [0.25, 0.3) is 0 Å². The molecule has 4 bridgehead atoms. The standard InChI is InChI=1S/C17H26O/c1-3-4-5-6-15(18)17-10-13-7-14(11-17)9-16(2,8-13)12-17/h1,13-15,18H,4-12H2,2H3. The van der Waals surface area contributed by atoms with Crippen LogP contribution in [0.5, 0.6) is 0 Å². The third-order valence-electron chi connectivity index (χ3n) is 5.90. The zero-order valence-corrected chi connectivity index (χ0v) is 11.6. The fourth-order valence-electron chi connectivity index (χ4n) is 5.89. The summed E-state index contributed by atoms with van der Waals surface area (Å²) in [6, 6.07) is 0. The van der Waals surface area contributed by atoms with E-state index in [9.17, 15) is 5.11 Å². The summed E-state index contributed by atoms with van der Waals surface area (Å²) in [4.78, 5) is 0. The predicted molar refractivity (Wildman–Crippen MR) is 73.9 cm³/mol. The Hall–Kier alpha value is -0.480. The fraction of sp³-hybridized carbons (Fsp3) is 0.882. The van der Waals surface area contributed by atoms with E-state index in [1.807, 2.05) is 0 Å². The highest BCUT2D eigenvalue weighted by Gasteiger charge is 2.57. The van der Waals surface area contributed by atoms with E-state index in [0.717, 1.165) is 31.1 Å². The molecule has 3 atom stereocenters. The van der Waals surface area contributed by atoms with Crippen molar-refractivity contribution in [1.82, 2.24) is 0 Å². The van der Waals surface area contributed by atoms with E-state index in [-0.39, 0.29) is 11.5 Å². The summed E-state index contributed by atoms with van der Waals surface area (Å²) >= 11 is 0. The molecular weight excluding hydrogens is 220 g/mol. The molecule has 0 saturated heterocycles. The smallest absolute Gasteiger partial charge is 0.0597 e. The summed E-state index contributed by atoms with van der Waals surface area (Å²) < 4.78 is 0. The van der Waals surface area contributed by atoms with Gasteiger partial charge in [0.2, 0.25) is 0 Å². The Morgan fingerprint density at radius 2 is 1.94 bits per heavy atom. The van der Waals surface area contributed by atoms with Crippen molar-refractivity contribution in [1.29, 1.82) is 0 Å². The number of rotatable bonds is 4. The van der Waals surface area contributed by atoms with Crippen molar-refractivity contribution in [2.24, 2.45) is 22.7 Å². The Morgan fingerprint density at radius 1 is 1.28 bits per heavy atom. The van der Waals surface area contributed by atoms with Crippen molar-refractivity contribution in [3.8, 4) is 12.3 Å². The van der Waals surface area contributed by atoms with Crippen LogP contribution in [-0.4, -0.2) is 11.2 Å². The molecule has 100 valence electrons. The van der Waals surface area contributed by atoms with Crippen molar-refractivity contribution < 1.29 is 5.11 Å². The molecule has 4 rings (SSSR count). The minimum absolute atomic E-state index is 0.101. The maximum Gasteiger partial charge on any atom is 0.0597 e. The lowest BCUT2D eigenvalue weighted by atomic mass is 9.43. The SMILES string of the molecule is C#CCCCC(O)C12CC3CC(CC(C)(C3)C1)C2. The molecule has 1 heteroatoms. The highest BCUT2D eigenvalue weighted by molar-refractivity contribution is 5.08. The molecule has 0 spiro atoms. The van der Waals surface area contributed by atoms with Gasteiger partial charge in [-0.1, -0.05) is 6.92 Å². The van der Waals surface area contributed by atoms with Crippen molar-refractivity contribution in [2.45, 2.75) is 70.8 Å². The van der Waals surface area contributed by atoms with Gasteiger partial charge in [-0.15, -0.1) is 12.3 Å². The Balaban J connectivity index is 1.72. The van der Waals surface area contributed by atoms with Crippen LogP contribution in [0, 0.1) is 35.0 Å². The van der Waals surface area contributed by atoms with E-state index >= 15 is 0 Å². The number of hydrogen-bond acceptors (Lipinski definition) is 1. The quantitative estimate of drug-likeness (QED) is 0.591. The maximum absolute atomic E-state index is 10.7. The third kappa shape index (κ3) is 1.99. The van der Waals surface area contributed by atoms with Crippen LogP contribution in [0.2, 0.25) is 0 Å². The molecule has 4 aliphatic carbocycles. The molecule has 0 aromatic carbocycles. The molecule has 0 amide bonds. The summed E-state index contributed by atoms with van der Waals surface area (Å²) in [6.07, 6.45) is 16.1. The number of aliphatic hydroxyl groups is 1. The molecule has 4 aliphatic rings. The van der Waals surface area contributed by atoms with E-state index in [0.29, 0.717) is 5.41 Å². The van der Waals surface area contributed by atoms with Crippen molar-refractivity contribution in [3.63, 3.8) is 0 Å². The van der Waals surface area contributed by atoms with Crippen LogP contribution in [-0.2, 0) is 0 Å². The number of unbranched alkanes of at least 4 members (excludes halogenated alkanes) is 1. The second-order valence-corrected chi connectivity index (χ2v) is 7.75. The van der Waals surface area contributed by atoms with Gasteiger partial charge in [-0.25, -0.2) is 0 Å². The number of terminal acetylenes is 1. The summed E-state index contributed by atoms with van der Waals surface area (Å²) in [5.74, 6) is 4.50. The molecule has 0 heterocycles. The molecule has 0 aliphatic heterocycles. The minimum Gasteiger partial charge on any atom is -0.393 e. The largest absolute Gasteiger partial charge is 0.393 e. The lowest BCUT2D eigenvalue weighted by Crippen LogP contribution is -2.55. The molecule has 18 heavy (non-hydrogen) atoms. The van der Waals surface area contributed by atoms with E-state index in [2.05, 4.69) is 12.8 Å². The average Bonchev–Trinajstić information content (AvgIpc) is 2.25. The van der Waals surface area contributed by atoms with Crippen LogP contribution in [0.15, 0.2) is 0 Å². The van der Waals surface area contributed by atoms with E-state index in [1.54, 1.807) is 0 Å².